The molecule has 3 N–H and O–H groups in total. The summed E-state index contributed by atoms with van der Waals surface area (Å²) in [6.45, 7) is 7.40. The van der Waals surface area contributed by atoms with E-state index >= 15 is 0 Å². The molecule has 0 aromatic carbocycles. The van der Waals surface area contributed by atoms with Crippen LogP contribution < -0.4 is 11.1 Å². The average molecular weight is 170 g/mol. The van der Waals surface area contributed by atoms with Gasteiger partial charge in [-0.15, -0.1) is 0 Å². The minimum atomic E-state index is -0.0637. The quantitative estimate of drug-likeness (QED) is 0.673. The normalized spacial score (nSPS) is 31.0. The number of hydrogen-bond donors (Lipinski definition) is 2. The van der Waals surface area contributed by atoms with Gasteiger partial charge in [-0.2, -0.15) is 0 Å². The van der Waals surface area contributed by atoms with E-state index in [1.165, 1.54) is 19.3 Å². The maximum absolute atomic E-state index is 5.89. The Bertz CT molecular complexity index is 137. The molecule has 0 radical (unpaired) electrons. The maximum Gasteiger partial charge on any atom is 0.0223 e. The van der Waals surface area contributed by atoms with E-state index in [0.717, 1.165) is 18.5 Å². The molecule has 0 heterocycles. The Hall–Kier alpha value is -0.0800. The molecule has 1 aliphatic rings. The highest BCUT2D eigenvalue weighted by Crippen LogP contribution is 2.24. The van der Waals surface area contributed by atoms with Gasteiger partial charge >= 0.3 is 0 Å². The van der Waals surface area contributed by atoms with E-state index in [0.29, 0.717) is 0 Å². The van der Waals surface area contributed by atoms with Crippen molar-refractivity contribution in [2.24, 2.45) is 11.7 Å². The van der Waals surface area contributed by atoms with Crippen LogP contribution in [0.2, 0.25) is 0 Å². The lowest BCUT2D eigenvalue weighted by Gasteiger charge is -2.22. The van der Waals surface area contributed by atoms with Crippen molar-refractivity contribution >= 4 is 0 Å². The van der Waals surface area contributed by atoms with Crippen molar-refractivity contribution in [3.05, 3.63) is 0 Å². The number of nitrogens with two attached hydrogens (primary N) is 1. The molecular weight excluding hydrogens is 148 g/mol. The summed E-state index contributed by atoms with van der Waals surface area (Å²) in [5, 5.41) is 3.53. The van der Waals surface area contributed by atoms with Crippen LogP contribution in [0, 0.1) is 5.92 Å². The molecule has 0 aromatic rings. The fourth-order valence-corrected chi connectivity index (χ4v) is 1.80. The summed E-state index contributed by atoms with van der Waals surface area (Å²) in [7, 11) is 0. The molecule has 0 aliphatic heterocycles. The van der Waals surface area contributed by atoms with Gasteiger partial charge in [0.1, 0.15) is 0 Å². The molecule has 0 saturated heterocycles. The van der Waals surface area contributed by atoms with E-state index in [-0.39, 0.29) is 5.54 Å². The first-order valence-corrected chi connectivity index (χ1v) is 4.99. The summed E-state index contributed by atoms with van der Waals surface area (Å²) in [5.41, 5.74) is 5.82. The topological polar surface area (TPSA) is 38.0 Å². The van der Waals surface area contributed by atoms with Crippen molar-refractivity contribution in [1.82, 2.24) is 5.32 Å². The molecule has 2 heteroatoms. The van der Waals surface area contributed by atoms with Gasteiger partial charge in [0.15, 0.2) is 0 Å². The summed E-state index contributed by atoms with van der Waals surface area (Å²) in [6, 6.07) is 0.725. The van der Waals surface area contributed by atoms with Gasteiger partial charge in [0.25, 0.3) is 0 Å². The smallest absolute Gasteiger partial charge is 0.0223 e. The van der Waals surface area contributed by atoms with Gasteiger partial charge in [0, 0.05) is 18.1 Å². The Morgan fingerprint density at radius 3 is 2.50 bits per heavy atom. The molecule has 1 rings (SSSR count). The van der Waals surface area contributed by atoms with Crippen LogP contribution in [0.25, 0.3) is 0 Å². The molecule has 0 bridgehead atoms. The molecule has 0 aromatic heterocycles. The first-order valence-electron chi connectivity index (χ1n) is 4.99. The predicted octanol–water partition coefficient (Wildman–Crippen LogP) is 1.50. The van der Waals surface area contributed by atoms with Crippen molar-refractivity contribution in [3.8, 4) is 0 Å². The zero-order chi connectivity index (χ0) is 9.19. The van der Waals surface area contributed by atoms with E-state index < -0.39 is 0 Å². The van der Waals surface area contributed by atoms with E-state index in [4.69, 9.17) is 5.73 Å². The fourth-order valence-electron chi connectivity index (χ4n) is 1.80. The van der Waals surface area contributed by atoms with Gasteiger partial charge in [0.05, 0.1) is 0 Å². The third-order valence-electron chi connectivity index (χ3n) is 2.54. The van der Waals surface area contributed by atoms with Crippen LogP contribution in [-0.4, -0.2) is 18.1 Å². The predicted molar refractivity (Wildman–Crippen MR) is 53.1 cm³/mol. The first kappa shape index (κ1) is 10.0. The second-order valence-electron chi connectivity index (χ2n) is 4.98. The van der Waals surface area contributed by atoms with Crippen LogP contribution in [0.4, 0.5) is 0 Å². The van der Waals surface area contributed by atoms with Crippen LogP contribution >= 0.6 is 0 Å². The lowest BCUT2D eigenvalue weighted by Crippen LogP contribution is -2.45. The van der Waals surface area contributed by atoms with Crippen LogP contribution in [0.5, 0.6) is 0 Å². The highest BCUT2D eigenvalue weighted by Gasteiger charge is 2.22. The second kappa shape index (κ2) is 3.75. The molecule has 0 amide bonds. The van der Waals surface area contributed by atoms with Gasteiger partial charge in [0.2, 0.25) is 0 Å². The molecule has 2 unspecified atom stereocenters. The van der Waals surface area contributed by atoms with Crippen LogP contribution in [0.15, 0.2) is 0 Å². The summed E-state index contributed by atoms with van der Waals surface area (Å²) < 4.78 is 0. The van der Waals surface area contributed by atoms with E-state index in [2.05, 4.69) is 26.1 Å². The molecule has 72 valence electrons. The molecule has 1 fully saturated rings. The van der Waals surface area contributed by atoms with Crippen LogP contribution in [0.1, 0.15) is 40.0 Å². The summed E-state index contributed by atoms with van der Waals surface area (Å²) in [5.74, 6) is 0.906. The Balaban J connectivity index is 2.16. The van der Waals surface area contributed by atoms with Gasteiger partial charge in [-0.25, -0.2) is 0 Å². The lowest BCUT2D eigenvalue weighted by atomic mass is 10.1. The number of nitrogens with one attached hydrogen (secondary N) is 1. The molecule has 1 saturated carbocycles. The standard InChI is InChI=1S/C10H22N2/c1-8-4-5-9(6-8)12-7-10(2,3)11/h8-9,12H,4-7,11H2,1-3H3. The van der Waals surface area contributed by atoms with Gasteiger partial charge < -0.3 is 11.1 Å². The van der Waals surface area contributed by atoms with Crippen molar-refractivity contribution in [1.29, 1.82) is 0 Å². The third kappa shape index (κ3) is 3.55. The van der Waals surface area contributed by atoms with Crippen LogP contribution in [0.3, 0.4) is 0 Å². The zero-order valence-corrected chi connectivity index (χ0v) is 8.56. The van der Waals surface area contributed by atoms with Crippen LogP contribution in [-0.2, 0) is 0 Å². The van der Waals surface area contributed by atoms with E-state index in [9.17, 15) is 0 Å². The molecule has 1 aliphatic carbocycles. The minimum Gasteiger partial charge on any atom is -0.324 e. The molecule has 0 spiro atoms. The van der Waals surface area contributed by atoms with Gasteiger partial charge in [-0.05, 0) is 39.0 Å². The van der Waals surface area contributed by atoms with E-state index in [1.54, 1.807) is 0 Å². The van der Waals surface area contributed by atoms with Gasteiger partial charge in [-0.1, -0.05) is 6.92 Å². The Morgan fingerprint density at radius 2 is 2.08 bits per heavy atom. The largest absolute Gasteiger partial charge is 0.324 e. The minimum absolute atomic E-state index is 0.0637. The number of rotatable bonds is 3. The van der Waals surface area contributed by atoms with Crippen molar-refractivity contribution in [3.63, 3.8) is 0 Å². The summed E-state index contributed by atoms with van der Waals surface area (Å²) in [6.07, 6.45) is 4.04. The molecule has 12 heavy (non-hydrogen) atoms. The number of hydrogen-bond acceptors (Lipinski definition) is 2. The zero-order valence-electron chi connectivity index (χ0n) is 8.56. The van der Waals surface area contributed by atoms with Gasteiger partial charge in [-0.3, -0.25) is 0 Å². The van der Waals surface area contributed by atoms with Crippen molar-refractivity contribution in [2.75, 3.05) is 6.54 Å². The van der Waals surface area contributed by atoms with E-state index in [1.807, 2.05) is 0 Å². The van der Waals surface area contributed by atoms with Crippen molar-refractivity contribution < 1.29 is 0 Å². The second-order valence-corrected chi connectivity index (χ2v) is 4.98. The molecular formula is C10H22N2. The first-order chi connectivity index (χ1) is 5.47. The lowest BCUT2D eigenvalue weighted by molar-refractivity contribution is 0.413. The Kier molecular flexibility index (Phi) is 3.13. The maximum atomic E-state index is 5.89. The van der Waals surface area contributed by atoms with Crippen molar-refractivity contribution in [2.45, 2.75) is 51.6 Å². The Morgan fingerprint density at radius 1 is 1.42 bits per heavy atom. The monoisotopic (exact) mass is 170 g/mol. The summed E-state index contributed by atoms with van der Waals surface area (Å²) >= 11 is 0. The highest BCUT2D eigenvalue weighted by molar-refractivity contribution is 4.82. The average Bonchev–Trinajstić information content (AvgIpc) is 2.30. The third-order valence-corrected chi connectivity index (χ3v) is 2.54. The SMILES string of the molecule is CC1CCC(NCC(C)(C)N)C1. The highest BCUT2D eigenvalue weighted by atomic mass is 15.0. The molecule has 2 nitrogen and oxygen atoms in total. The fraction of sp³-hybridized carbons (Fsp3) is 1.00. The molecule has 2 atom stereocenters. The summed E-state index contributed by atoms with van der Waals surface area (Å²) in [4.78, 5) is 0. The Labute approximate surface area is 75.9 Å².